The van der Waals surface area contributed by atoms with Crippen molar-refractivity contribution < 1.29 is 0 Å². The number of hydrogen-bond donors (Lipinski definition) is 0. The number of hydrogen-bond acceptors (Lipinski definition) is 0. The summed E-state index contributed by atoms with van der Waals surface area (Å²) in [5.41, 5.74) is 5.70. The van der Waals surface area contributed by atoms with Gasteiger partial charge in [-0.25, -0.2) is 0 Å². The summed E-state index contributed by atoms with van der Waals surface area (Å²) in [6.07, 6.45) is 8.06. The molecular formula is C26H37P. The molecule has 0 heterocycles. The summed E-state index contributed by atoms with van der Waals surface area (Å²) in [6.45, 7) is 9.38. The Labute approximate surface area is 169 Å². The van der Waals surface area contributed by atoms with Gasteiger partial charge in [0.05, 0.1) is 0 Å². The Kier molecular flexibility index (Phi) is 7.16. The molecule has 2 aromatic rings. The van der Waals surface area contributed by atoms with Gasteiger partial charge in [-0.1, -0.05) is 89.4 Å². The molecular weight excluding hydrogens is 343 g/mol. The fraction of sp³-hybridized carbons (Fsp3) is 0.538. The summed E-state index contributed by atoms with van der Waals surface area (Å²) in [7, 11) is 2.98. The summed E-state index contributed by atoms with van der Waals surface area (Å²) in [5.74, 6) is 3.11. The van der Waals surface area contributed by atoms with Crippen molar-refractivity contribution in [3.63, 3.8) is 0 Å². The van der Waals surface area contributed by atoms with E-state index in [-0.39, 0.29) is 0 Å². The van der Waals surface area contributed by atoms with Crippen LogP contribution in [0.2, 0.25) is 0 Å². The average Bonchev–Trinajstić information content (AvgIpc) is 2.67. The van der Waals surface area contributed by atoms with Crippen molar-refractivity contribution in [2.75, 3.05) is 0 Å². The van der Waals surface area contributed by atoms with Crippen LogP contribution in [0.25, 0.3) is 11.1 Å². The van der Waals surface area contributed by atoms with Gasteiger partial charge in [0.1, 0.15) is 0 Å². The molecule has 0 radical (unpaired) electrons. The molecule has 0 amide bonds. The Morgan fingerprint density at radius 1 is 0.889 bits per heavy atom. The van der Waals surface area contributed by atoms with Gasteiger partial charge in [0, 0.05) is 0 Å². The van der Waals surface area contributed by atoms with Crippen molar-refractivity contribution >= 4 is 14.5 Å². The quantitative estimate of drug-likeness (QED) is 0.451. The van der Waals surface area contributed by atoms with Crippen LogP contribution in [-0.4, -0.2) is 0 Å². The highest BCUT2D eigenvalue weighted by molar-refractivity contribution is 7.28. The van der Waals surface area contributed by atoms with Crippen LogP contribution in [0.3, 0.4) is 0 Å². The molecule has 0 saturated heterocycles. The van der Waals surface area contributed by atoms with Crippen molar-refractivity contribution in [2.45, 2.75) is 78.1 Å². The second-order valence-corrected chi connectivity index (χ2v) is 9.92. The molecule has 27 heavy (non-hydrogen) atoms. The van der Waals surface area contributed by atoms with Crippen LogP contribution in [0, 0.1) is 11.8 Å². The fourth-order valence-corrected chi connectivity index (χ4v) is 4.89. The molecule has 0 N–H and O–H groups in total. The third-order valence-electron chi connectivity index (χ3n) is 6.53. The van der Waals surface area contributed by atoms with E-state index in [1.165, 1.54) is 66.1 Å². The van der Waals surface area contributed by atoms with Gasteiger partial charge in [-0.15, -0.1) is 9.24 Å². The zero-order valence-corrected chi connectivity index (χ0v) is 18.8. The predicted molar refractivity (Wildman–Crippen MR) is 124 cm³/mol. The maximum Gasteiger partial charge on any atom is -0.0112 e. The SMILES string of the molecule is CC(C)CCC(C)c1ccc(-c2ccc(C3CCC(C)CC3)cc2P)cc1. The van der Waals surface area contributed by atoms with Gasteiger partial charge in [0.2, 0.25) is 0 Å². The smallest absolute Gasteiger partial charge is 0.0112 e. The van der Waals surface area contributed by atoms with Crippen LogP contribution in [0.15, 0.2) is 42.5 Å². The predicted octanol–water partition coefficient (Wildman–Crippen LogP) is 7.69. The summed E-state index contributed by atoms with van der Waals surface area (Å²) in [6, 6.07) is 16.4. The van der Waals surface area contributed by atoms with Gasteiger partial charge in [-0.3, -0.25) is 0 Å². The van der Waals surface area contributed by atoms with Crippen LogP contribution < -0.4 is 5.30 Å². The van der Waals surface area contributed by atoms with E-state index in [4.69, 9.17) is 0 Å². The van der Waals surface area contributed by atoms with Crippen molar-refractivity contribution in [3.8, 4) is 11.1 Å². The zero-order valence-electron chi connectivity index (χ0n) is 17.7. The molecule has 1 fully saturated rings. The van der Waals surface area contributed by atoms with Gasteiger partial charge in [-0.2, -0.15) is 0 Å². The molecule has 3 rings (SSSR count). The van der Waals surface area contributed by atoms with Gasteiger partial charge in [0.25, 0.3) is 0 Å². The normalized spacial score (nSPS) is 21.4. The minimum Gasteiger partial charge on any atom is -0.105 e. The highest BCUT2D eigenvalue weighted by Crippen LogP contribution is 2.36. The first-order chi connectivity index (χ1) is 12.9. The second kappa shape index (κ2) is 9.38. The van der Waals surface area contributed by atoms with Crippen molar-refractivity contribution in [3.05, 3.63) is 53.6 Å². The molecule has 1 aliphatic carbocycles. The van der Waals surface area contributed by atoms with Crippen LogP contribution >= 0.6 is 9.24 Å². The molecule has 1 saturated carbocycles. The fourth-order valence-electron chi connectivity index (χ4n) is 4.43. The minimum atomic E-state index is 0.646. The van der Waals surface area contributed by atoms with E-state index in [1.807, 2.05) is 0 Å². The Balaban J connectivity index is 1.71. The molecule has 1 aliphatic rings. The lowest BCUT2D eigenvalue weighted by molar-refractivity contribution is 0.348. The first-order valence-electron chi connectivity index (χ1n) is 10.9. The van der Waals surface area contributed by atoms with E-state index in [2.05, 4.69) is 79.4 Å². The van der Waals surface area contributed by atoms with Gasteiger partial charge < -0.3 is 0 Å². The van der Waals surface area contributed by atoms with Crippen LogP contribution in [0.5, 0.6) is 0 Å². The van der Waals surface area contributed by atoms with E-state index in [9.17, 15) is 0 Å². The number of rotatable bonds is 6. The molecule has 2 aromatic carbocycles. The molecule has 0 aliphatic heterocycles. The van der Waals surface area contributed by atoms with Crippen molar-refractivity contribution in [1.29, 1.82) is 0 Å². The molecule has 0 spiro atoms. The summed E-state index contributed by atoms with van der Waals surface area (Å²) in [4.78, 5) is 0. The monoisotopic (exact) mass is 380 g/mol. The standard InChI is InChI=1S/C26H37P/c1-18(2)5-8-20(4)21-11-13-23(14-12-21)25-16-15-24(17-26(25)27)22-9-6-19(3)7-10-22/h11-20,22H,5-10,27H2,1-4H3. The van der Waals surface area contributed by atoms with E-state index < -0.39 is 0 Å². The van der Waals surface area contributed by atoms with Gasteiger partial charge in [0.15, 0.2) is 0 Å². The molecule has 1 heteroatoms. The van der Waals surface area contributed by atoms with Crippen molar-refractivity contribution in [1.82, 2.24) is 0 Å². The van der Waals surface area contributed by atoms with Gasteiger partial charge in [-0.05, 0) is 70.5 Å². The first kappa shape index (κ1) is 20.6. The Hall–Kier alpha value is -1.13. The largest absolute Gasteiger partial charge is 0.105 e. The maximum atomic E-state index is 2.98. The summed E-state index contributed by atoms with van der Waals surface area (Å²) in [5, 5.41) is 1.34. The molecule has 0 nitrogen and oxygen atoms in total. The highest BCUT2D eigenvalue weighted by atomic mass is 31.0. The lowest BCUT2D eigenvalue weighted by atomic mass is 9.79. The molecule has 2 atom stereocenters. The lowest BCUT2D eigenvalue weighted by Crippen LogP contribution is -2.12. The summed E-state index contributed by atoms with van der Waals surface area (Å²) >= 11 is 0. The van der Waals surface area contributed by atoms with Crippen LogP contribution in [-0.2, 0) is 0 Å². The molecule has 146 valence electrons. The Bertz CT molecular complexity index is 720. The third kappa shape index (κ3) is 5.45. The Morgan fingerprint density at radius 3 is 2.15 bits per heavy atom. The second-order valence-electron chi connectivity index (χ2n) is 9.30. The highest BCUT2D eigenvalue weighted by Gasteiger charge is 2.20. The van der Waals surface area contributed by atoms with Crippen LogP contribution in [0.1, 0.15) is 89.2 Å². The van der Waals surface area contributed by atoms with Crippen molar-refractivity contribution in [2.24, 2.45) is 11.8 Å². The summed E-state index contributed by atoms with van der Waals surface area (Å²) < 4.78 is 0. The van der Waals surface area contributed by atoms with E-state index >= 15 is 0 Å². The minimum absolute atomic E-state index is 0.646. The first-order valence-corrected chi connectivity index (χ1v) is 11.5. The van der Waals surface area contributed by atoms with E-state index in [0.29, 0.717) is 5.92 Å². The lowest BCUT2D eigenvalue weighted by Gasteiger charge is -2.27. The topological polar surface area (TPSA) is 0 Å². The van der Waals surface area contributed by atoms with Gasteiger partial charge >= 0.3 is 0 Å². The average molecular weight is 381 g/mol. The number of benzene rings is 2. The van der Waals surface area contributed by atoms with E-state index in [0.717, 1.165) is 17.8 Å². The molecule has 0 bridgehead atoms. The maximum absolute atomic E-state index is 2.98. The van der Waals surface area contributed by atoms with E-state index in [1.54, 1.807) is 0 Å². The molecule has 0 aromatic heterocycles. The molecule has 2 unspecified atom stereocenters. The zero-order chi connectivity index (χ0) is 19.4. The van der Waals surface area contributed by atoms with Crippen LogP contribution in [0.4, 0.5) is 0 Å². The Morgan fingerprint density at radius 2 is 1.56 bits per heavy atom. The third-order valence-corrected chi connectivity index (χ3v) is 7.01.